The van der Waals surface area contributed by atoms with Crippen LogP contribution in [-0.2, 0) is 0 Å². The normalized spacial score (nSPS) is 13.4. The van der Waals surface area contributed by atoms with Gasteiger partial charge >= 0.3 is 11.8 Å². The number of rotatable bonds is 7. The molecule has 1 fully saturated rings. The molecule has 4 N–H and O–H groups in total. The van der Waals surface area contributed by atoms with Crippen molar-refractivity contribution in [1.29, 1.82) is 0 Å². The van der Waals surface area contributed by atoms with Gasteiger partial charge in [0, 0.05) is 47.9 Å². The van der Waals surface area contributed by atoms with Gasteiger partial charge in [0.15, 0.2) is 0 Å². The summed E-state index contributed by atoms with van der Waals surface area (Å²) in [6, 6.07) is 3.27. The summed E-state index contributed by atoms with van der Waals surface area (Å²) in [5.74, 6) is -0.381. The van der Waals surface area contributed by atoms with Gasteiger partial charge in [-0.05, 0) is 38.8 Å². The predicted octanol–water partition coefficient (Wildman–Crippen LogP) is 3.73. The quantitative estimate of drug-likeness (QED) is 0.278. The van der Waals surface area contributed by atoms with Crippen molar-refractivity contribution in [2.45, 2.75) is 45.6 Å². The maximum Gasteiger partial charge on any atom is 0.434 e. The van der Waals surface area contributed by atoms with E-state index in [0.29, 0.717) is 50.2 Å². The second-order valence-corrected chi connectivity index (χ2v) is 9.87. The van der Waals surface area contributed by atoms with Gasteiger partial charge in [0.2, 0.25) is 0 Å². The van der Waals surface area contributed by atoms with Crippen molar-refractivity contribution in [3.05, 3.63) is 51.8 Å². The summed E-state index contributed by atoms with van der Waals surface area (Å²) in [6.45, 7) is 4.09. The van der Waals surface area contributed by atoms with E-state index in [1.165, 1.54) is 17.5 Å². The minimum atomic E-state index is -0.671. The zero-order valence-corrected chi connectivity index (χ0v) is 21.6. The molecule has 1 aliphatic carbocycles. The molecule has 0 unspecified atom stereocenters. The van der Waals surface area contributed by atoms with E-state index in [0.717, 1.165) is 25.7 Å². The van der Waals surface area contributed by atoms with Crippen molar-refractivity contribution in [3.8, 4) is 33.2 Å². The number of pyridine rings is 2. The molecule has 4 aromatic rings. The Morgan fingerprint density at radius 3 is 2.66 bits per heavy atom. The second-order valence-electron chi connectivity index (χ2n) is 8.87. The van der Waals surface area contributed by atoms with Gasteiger partial charge in [-0.3, -0.25) is 15.1 Å². The van der Waals surface area contributed by atoms with Crippen molar-refractivity contribution in [2.75, 3.05) is 11.9 Å². The fraction of sp³-hybridized carbons (Fsp3) is 0.320. The summed E-state index contributed by atoms with van der Waals surface area (Å²) in [5.41, 5.74) is 3.08. The molecule has 4 heterocycles. The van der Waals surface area contributed by atoms with Gasteiger partial charge in [-0.25, -0.2) is 24.7 Å². The van der Waals surface area contributed by atoms with E-state index in [1.54, 1.807) is 31.5 Å². The van der Waals surface area contributed by atoms with Crippen LogP contribution >= 0.6 is 11.3 Å². The van der Waals surface area contributed by atoms with Gasteiger partial charge in [0.1, 0.15) is 15.7 Å². The summed E-state index contributed by atoms with van der Waals surface area (Å²) in [4.78, 5) is 50.5. The number of urea groups is 1. The largest absolute Gasteiger partial charge is 0.434 e. The number of aromatic nitrogens is 5. The molecule has 0 aromatic carbocycles. The number of thiazole rings is 1. The summed E-state index contributed by atoms with van der Waals surface area (Å²) in [5, 5.41) is 15.2. The van der Waals surface area contributed by atoms with E-state index in [9.17, 15) is 14.4 Å². The number of amides is 3. The number of carbonyl (C=O) groups is 2. The van der Waals surface area contributed by atoms with Gasteiger partial charge in [-0.2, -0.15) is 0 Å². The van der Waals surface area contributed by atoms with Gasteiger partial charge in [-0.15, -0.1) is 16.4 Å². The average molecular weight is 535 g/mol. The lowest BCUT2D eigenvalue weighted by molar-refractivity contribution is 0.0941. The summed E-state index contributed by atoms with van der Waals surface area (Å²) < 4.78 is 5.07. The zero-order chi connectivity index (χ0) is 26.6. The van der Waals surface area contributed by atoms with Gasteiger partial charge in [-0.1, -0.05) is 12.8 Å². The van der Waals surface area contributed by atoms with Crippen LogP contribution in [0.3, 0.4) is 0 Å². The highest BCUT2D eigenvalue weighted by atomic mass is 32.1. The van der Waals surface area contributed by atoms with Crippen LogP contribution in [0, 0.1) is 6.92 Å². The number of carbonyl (C=O) groups excluding carboxylic acids is 2. The molecule has 0 spiro atoms. The summed E-state index contributed by atoms with van der Waals surface area (Å²) in [7, 11) is 0. The van der Waals surface area contributed by atoms with Crippen LogP contribution in [0.2, 0.25) is 0 Å². The number of aryl methyl sites for hydroxylation is 1. The second kappa shape index (κ2) is 10.9. The molecule has 0 radical (unpaired) electrons. The lowest BCUT2D eigenvalue weighted by Crippen LogP contribution is -2.32. The van der Waals surface area contributed by atoms with Gasteiger partial charge < -0.3 is 15.1 Å². The Bertz CT molecular complexity index is 1540. The SMILES string of the molecule is CCNC(=O)Nc1cc(-c2nc(C)c(C(=O)NC3CCCC3)s2)c(-c2cncc(-c3n[nH]c(=O)o3)c2)cn1. The first-order valence-corrected chi connectivity index (χ1v) is 13.1. The number of nitrogens with zero attached hydrogens (tertiary/aromatic N) is 4. The molecule has 4 aromatic heterocycles. The Labute approximate surface area is 221 Å². The molecule has 13 heteroatoms. The molecule has 196 valence electrons. The van der Waals surface area contributed by atoms with Crippen LogP contribution in [0.5, 0.6) is 0 Å². The van der Waals surface area contributed by atoms with Crippen LogP contribution in [0.4, 0.5) is 10.6 Å². The molecular formula is C25H26N8O4S. The fourth-order valence-corrected chi connectivity index (χ4v) is 5.35. The number of nitrogens with one attached hydrogen (secondary N) is 4. The molecule has 3 amide bonds. The Kier molecular flexibility index (Phi) is 7.26. The third-order valence-corrected chi connectivity index (χ3v) is 7.33. The first-order chi connectivity index (χ1) is 18.4. The van der Waals surface area contributed by atoms with E-state index in [1.807, 2.05) is 6.92 Å². The van der Waals surface area contributed by atoms with E-state index >= 15 is 0 Å². The smallest absolute Gasteiger partial charge is 0.388 e. The maximum absolute atomic E-state index is 13.0. The van der Waals surface area contributed by atoms with Crippen molar-refractivity contribution in [1.82, 2.24) is 35.8 Å². The first-order valence-electron chi connectivity index (χ1n) is 12.3. The van der Waals surface area contributed by atoms with Crippen molar-refractivity contribution >= 4 is 29.1 Å². The number of aromatic amines is 1. The standard InChI is InChI=1S/C25H26N8O4S/c1-3-27-24(35)31-19-9-17(23-29-13(2)20(38-23)21(34)30-16-6-4-5-7-16)18(12-28-19)14-8-15(11-26-10-14)22-32-33-25(36)37-22/h8-12,16H,3-7H2,1-2H3,(H,30,34)(H,33,36)(H2,27,28,31,35). The average Bonchev–Trinajstić information content (AvgIpc) is 3.66. The lowest BCUT2D eigenvalue weighted by Gasteiger charge is -2.11. The molecule has 0 saturated heterocycles. The van der Waals surface area contributed by atoms with Crippen molar-refractivity contribution in [3.63, 3.8) is 0 Å². The highest BCUT2D eigenvalue weighted by Crippen LogP contribution is 2.37. The summed E-state index contributed by atoms with van der Waals surface area (Å²) in [6.07, 6.45) is 8.98. The van der Waals surface area contributed by atoms with Crippen LogP contribution in [0.1, 0.15) is 48.0 Å². The fourth-order valence-electron chi connectivity index (χ4n) is 4.35. The molecule has 5 rings (SSSR count). The number of H-pyrrole nitrogens is 1. The predicted molar refractivity (Wildman–Crippen MR) is 142 cm³/mol. The Morgan fingerprint density at radius 1 is 1.13 bits per heavy atom. The van der Waals surface area contributed by atoms with Crippen LogP contribution < -0.4 is 21.7 Å². The Balaban J connectivity index is 1.55. The molecule has 12 nitrogen and oxygen atoms in total. The van der Waals surface area contributed by atoms with Crippen LogP contribution in [0.25, 0.3) is 33.2 Å². The number of anilines is 1. The van der Waals surface area contributed by atoms with E-state index in [4.69, 9.17) is 9.40 Å². The molecule has 1 saturated carbocycles. The highest BCUT2D eigenvalue weighted by Gasteiger charge is 2.23. The molecule has 1 aliphatic rings. The van der Waals surface area contributed by atoms with E-state index in [2.05, 4.69) is 36.1 Å². The summed E-state index contributed by atoms with van der Waals surface area (Å²) >= 11 is 1.28. The zero-order valence-electron chi connectivity index (χ0n) is 20.8. The Hall–Kier alpha value is -4.39. The molecule has 0 atom stereocenters. The third kappa shape index (κ3) is 5.47. The van der Waals surface area contributed by atoms with E-state index in [-0.39, 0.29) is 23.9 Å². The maximum atomic E-state index is 13.0. The monoisotopic (exact) mass is 534 g/mol. The number of hydrogen-bond donors (Lipinski definition) is 4. The van der Waals surface area contributed by atoms with Gasteiger partial charge in [0.25, 0.3) is 11.8 Å². The van der Waals surface area contributed by atoms with E-state index < -0.39 is 5.76 Å². The Morgan fingerprint density at radius 2 is 1.92 bits per heavy atom. The first kappa shape index (κ1) is 25.3. The molecular weight excluding hydrogens is 508 g/mol. The lowest BCUT2D eigenvalue weighted by atomic mass is 10.0. The highest BCUT2D eigenvalue weighted by molar-refractivity contribution is 7.17. The number of hydrogen-bond acceptors (Lipinski definition) is 9. The van der Waals surface area contributed by atoms with Crippen LogP contribution in [-0.4, -0.2) is 49.7 Å². The van der Waals surface area contributed by atoms with Crippen LogP contribution in [0.15, 0.2) is 39.9 Å². The third-order valence-electron chi connectivity index (χ3n) is 6.14. The van der Waals surface area contributed by atoms with Crippen molar-refractivity contribution < 1.29 is 14.0 Å². The molecule has 0 bridgehead atoms. The minimum absolute atomic E-state index is 0.101. The topological polar surface area (TPSA) is 168 Å². The van der Waals surface area contributed by atoms with Crippen molar-refractivity contribution in [2.24, 2.45) is 0 Å². The minimum Gasteiger partial charge on any atom is -0.388 e. The van der Waals surface area contributed by atoms with Gasteiger partial charge in [0.05, 0.1) is 11.3 Å². The molecule has 0 aliphatic heterocycles. The molecule has 38 heavy (non-hydrogen) atoms.